The minimum atomic E-state index is -0.947. The van der Waals surface area contributed by atoms with E-state index >= 15 is 0 Å². The van der Waals surface area contributed by atoms with Crippen LogP contribution in [0.3, 0.4) is 0 Å². The molecule has 3 atom stereocenters. The number of aromatic nitrogens is 2. The van der Waals surface area contributed by atoms with E-state index in [9.17, 15) is 14.4 Å². The summed E-state index contributed by atoms with van der Waals surface area (Å²) in [5.74, 6) is 1.28. The molecule has 2 saturated heterocycles. The molecule has 1 amide bonds. The Balaban J connectivity index is 1.42. The van der Waals surface area contributed by atoms with E-state index in [2.05, 4.69) is 23.8 Å². The minimum Gasteiger partial charge on any atom is -0.473 e. The highest BCUT2D eigenvalue weighted by Crippen LogP contribution is 2.45. The van der Waals surface area contributed by atoms with Crippen molar-refractivity contribution in [3.63, 3.8) is 0 Å². The Morgan fingerprint density at radius 2 is 1.76 bits per heavy atom. The number of rotatable bonds is 6. The predicted molar refractivity (Wildman–Crippen MR) is 173 cm³/mol. The Morgan fingerprint density at radius 1 is 1.04 bits per heavy atom. The number of carbonyl (C=O) groups is 3. The molecule has 1 aromatic heterocycles. The molecular formula is C34H52N6O5. The summed E-state index contributed by atoms with van der Waals surface area (Å²) < 4.78 is 12.1. The van der Waals surface area contributed by atoms with Crippen molar-refractivity contribution in [3.05, 3.63) is 17.5 Å². The highest BCUT2D eigenvalue weighted by molar-refractivity contribution is 6.17. The number of Topliss-reactive ketones (excluding diaryl/α,β-unsaturated/α-hetero) is 2. The lowest BCUT2D eigenvalue weighted by molar-refractivity contribution is -0.143. The number of ketones is 2. The molecule has 0 radical (unpaired) electrons. The van der Waals surface area contributed by atoms with Crippen LogP contribution in [0, 0.1) is 5.41 Å². The Hall–Kier alpha value is -3.21. The van der Waals surface area contributed by atoms with E-state index in [1.807, 2.05) is 26.8 Å². The Kier molecular flexibility index (Phi) is 9.77. The van der Waals surface area contributed by atoms with Gasteiger partial charge in [-0.15, -0.1) is 0 Å². The smallest absolute Gasteiger partial charge is 0.410 e. The second-order valence-corrected chi connectivity index (χ2v) is 14.5. The molecule has 4 fully saturated rings. The Labute approximate surface area is 267 Å². The van der Waals surface area contributed by atoms with Gasteiger partial charge >= 0.3 is 6.09 Å². The van der Waals surface area contributed by atoms with Crippen molar-refractivity contribution in [1.82, 2.24) is 19.8 Å². The number of hydrogen-bond acceptors (Lipinski definition) is 10. The van der Waals surface area contributed by atoms with Gasteiger partial charge in [-0.1, -0.05) is 6.42 Å². The van der Waals surface area contributed by atoms with Gasteiger partial charge in [0, 0.05) is 50.3 Å². The molecule has 0 unspecified atom stereocenters. The maximum Gasteiger partial charge on any atom is 0.410 e. The molecule has 4 aliphatic rings. The fraction of sp³-hybridized carbons (Fsp3) is 0.735. The summed E-state index contributed by atoms with van der Waals surface area (Å²) >= 11 is 0. The van der Waals surface area contributed by atoms with E-state index < -0.39 is 11.0 Å². The zero-order valence-corrected chi connectivity index (χ0v) is 28.1. The van der Waals surface area contributed by atoms with Crippen LogP contribution in [0.25, 0.3) is 5.70 Å². The van der Waals surface area contributed by atoms with Gasteiger partial charge in [0.1, 0.15) is 23.3 Å². The molecule has 3 heterocycles. The van der Waals surface area contributed by atoms with Gasteiger partial charge in [0.05, 0.1) is 11.1 Å². The molecule has 1 aromatic rings. The van der Waals surface area contributed by atoms with Crippen molar-refractivity contribution < 1.29 is 23.9 Å². The third kappa shape index (κ3) is 7.13. The number of anilines is 1. The van der Waals surface area contributed by atoms with Crippen LogP contribution in [0.4, 0.5) is 10.6 Å². The summed E-state index contributed by atoms with van der Waals surface area (Å²) in [6, 6.07) is 2.18. The largest absolute Gasteiger partial charge is 0.473 e. The first-order valence-corrected chi connectivity index (χ1v) is 16.8. The van der Waals surface area contributed by atoms with Crippen molar-refractivity contribution in [2.45, 2.75) is 122 Å². The van der Waals surface area contributed by atoms with Crippen LogP contribution in [-0.2, 0) is 14.3 Å². The van der Waals surface area contributed by atoms with Gasteiger partial charge in [-0.3, -0.25) is 14.5 Å². The molecule has 2 saturated carbocycles. The van der Waals surface area contributed by atoms with Crippen LogP contribution in [0.2, 0.25) is 0 Å². The number of likely N-dealkylation sites (tertiary alicyclic amines) is 1. The average molecular weight is 625 g/mol. The number of likely N-dealkylation sites (N-methyl/N-ethyl adjacent to an activating group) is 1. The van der Waals surface area contributed by atoms with Gasteiger partial charge in [0.25, 0.3) is 0 Å². The highest BCUT2D eigenvalue weighted by Gasteiger charge is 2.49. The van der Waals surface area contributed by atoms with E-state index in [-0.39, 0.29) is 47.4 Å². The van der Waals surface area contributed by atoms with Crippen LogP contribution in [0.5, 0.6) is 5.88 Å². The monoisotopic (exact) mass is 624 g/mol. The first-order chi connectivity index (χ1) is 21.3. The lowest BCUT2D eigenvalue weighted by atomic mass is 9.62. The average Bonchev–Trinajstić information content (AvgIpc) is 3.44. The highest BCUT2D eigenvalue weighted by atomic mass is 16.6. The molecule has 2 N–H and O–H groups in total. The fourth-order valence-electron chi connectivity index (χ4n) is 7.59. The molecule has 1 spiro atoms. The SMILES string of the molecule is C[C@H](Oc1cc(N2CCC(N(C)C(=O)OC(C)(C)C)CC2)nc(C(N)=C2CCC[C@@]3(CCCCC3=O)C2=O)n1)[C@@H]1CCCN1C. The second-order valence-electron chi connectivity index (χ2n) is 14.5. The maximum absolute atomic E-state index is 13.9. The van der Waals surface area contributed by atoms with Crippen molar-refractivity contribution >= 4 is 29.2 Å². The summed E-state index contributed by atoms with van der Waals surface area (Å²) in [6.45, 7) is 10.0. The van der Waals surface area contributed by atoms with Crippen LogP contribution >= 0.6 is 0 Å². The van der Waals surface area contributed by atoms with Crippen LogP contribution in [-0.4, -0.2) is 94.9 Å². The van der Waals surface area contributed by atoms with Gasteiger partial charge in [0.2, 0.25) is 5.88 Å². The molecule has 0 bridgehead atoms. The molecular weight excluding hydrogens is 572 g/mol. The molecule has 248 valence electrons. The number of nitrogens with zero attached hydrogens (tertiary/aromatic N) is 5. The molecule has 5 rings (SSSR count). The molecule has 0 aromatic carbocycles. The summed E-state index contributed by atoms with van der Waals surface area (Å²) in [5, 5.41) is 0. The lowest BCUT2D eigenvalue weighted by Crippen LogP contribution is -2.47. The van der Waals surface area contributed by atoms with Crippen molar-refractivity contribution in [2.24, 2.45) is 11.1 Å². The van der Waals surface area contributed by atoms with Crippen LogP contribution in [0.15, 0.2) is 11.6 Å². The fourth-order valence-corrected chi connectivity index (χ4v) is 7.59. The second kappa shape index (κ2) is 13.3. The number of piperidine rings is 1. The first kappa shape index (κ1) is 33.2. The van der Waals surface area contributed by atoms with E-state index in [0.29, 0.717) is 56.0 Å². The number of allylic oxidation sites excluding steroid dienone is 1. The van der Waals surface area contributed by atoms with E-state index in [1.165, 1.54) is 0 Å². The molecule has 11 heteroatoms. The Bertz CT molecular complexity index is 1310. The zero-order valence-electron chi connectivity index (χ0n) is 28.1. The zero-order chi connectivity index (χ0) is 32.5. The Morgan fingerprint density at radius 3 is 2.40 bits per heavy atom. The molecule has 2 aliphatic carbocycles. The molecule has 45 heavy (non-hydrogen) atoms. The number of carbonyl (C=O) groups excluding carboxylic acids is 3. The van der Waals surface area contributed by atoms with Crippen LogP contribution in [0.1, 0.15) is 104 Å². The van der Waals surface area contributed by atoms with E-state index in [1.54, 1.807) is 11.9 Å². The molecule has 11 nitrogen and oxygen atoms in total. The van der Waals surface area contributed by atoms with Crippen molar-refractivity contribution in [2.75, 3.05) is 38.6 Å². The number of nitrogens with two attached hydrogens (primary N) is 1. The normalized spacial score (nSPS) is 27.1. The summed E-state index contributed by atoms with van der Waals surface area (Å²) in [4.78, 5) is 55.5. The van der Waals surface area contributed by atoms with Gasteiger partial charge in [-0.2, -0.15) is 4.98 Å². The summed E-state index contributed by atoms with van der Waals surface area (Å²) in [7, 11) is 3.91. The summed E-state index contributed by atoms with van der Waals surface area (Å²) in [6.07, 6.45) is 7.85. The molecule has 2 aliphatic heterocycles. The third-order valence-electron chi connectivity index (χ3n) is 10.2. The van der Waals surface area contributed by atoms with Gasteiger partial charge < -0.3 is 25.0 Å². The lowest BCUT2D eigenvalue weighted by Gasteiger charge is -2.38. The minimum absolute atomic E-state index is 0.0438. The third-order valence-corrected chi connectivity index (χ3v) is 10.2. The maximum atomic E-state index is 13.9. The number of hydrogen-bond donors (Lipinski definition) is 1. The van der Waals surface area contributed by atoms with Gasteiger partial charge in [-0.05, 0) is 99.1 Å². The van der Waals surface area contributed by atoms with E-state index in [4.69, 9.17) is 25.2 Å². The first-order valence-electron chi connectivity index (χ1n) is 16.8. The van der Waals surface area contributed by atoms with E-state index in [0.717, 1.165) is 51.5 Å². The quantitative estimate of drug-likeness (QED) is 0.350. The van der Waals surface area contributed by atoms with Gasteiger partial charge in [-0.25, -0.2) is 9.78 Å². The topological polar surface area (TPSA) is 131 Å². The number of amides is 1. The van der Waals surface area contributed by atoms with Crippen molar-refractivity contribution in [3.8, 4) is 5.88 Å². The summed E-state index contributed by atoms with van der Waals surface area (Å²) in [5.41, 5.74) is 5.98. The van der Waals surface area contributed by atoms with Gasteiger partial charge in [0.15, 0.2) is 11.6 Å². The standard InChI is InChI=1S/C34H52N6O5/c1-22(25-12-10-18-38(25)5)44-28-21-27(40-19-14-23(15-20-40)39(6)32(43)45-33(2,3)4)36-31(37-28)29(35)24-11-9-17-34(30(24)42)16-8-7-13-26(34)41/h21-23,25H,7-20,35H2,1-6H3/t22-,25-,34+/m0/s1. The van der Waals surface area contributed by atoms with Crippen LogP contribution < -0.4 is 15.4 Å². The van der Waals surface area contributed by atoms with Crippen molar-refractivity contribution in [1.29, 1.82) is 0 Å². The predicted octanol–water partition coefficient (Wildman–Crippen LogP) is 4.73. The number of ether oxygens (including phenoxy) is 2.